The number of fused-ring (bicyclic) bond motifs is 1. The molecule has 11 heteroatoms. The number of nitrogens with two attached hydrogens (primary N) is 1. The van der Waals surface area contributed by atoms with E-state index in [2.05, 4.69) is 27.0 Å². The number of hydrogen-bond donors (Lipinski definition) is 3. The van der Waals surface area contributed by atoms with Gasteiger partial charge in [-0.2, -0.15) is 0 Å². The number of pyridine rings is 1. The molecule has 0 aliphatic carbocycles. The molecule has 1 aliphatic heterocycles. The van der Waals surface area contributed by atoms with E-state index in [1.807, 2.05) is 26.2 Å². The summed E-state index contributed by atoms with van der Waals surface area (Å²) in [6.45, 7) is 9.73. The van der Waals surface area contributed by atoms with Gasteiger partial charge >= 0.3 is 0 Å². The van der Waals surface area contributed by atoms with E-state index < -0.39 is 6.10 Å². The Labute approximate surface area is 246 Å². The number of hydrogen-bond acceptors (Lipinski definition) is 10. The molecule has 0 saturated heterocycles. The number of anilines is 2. The lowest BCUT2D eigenvalue weighted by molar-refractivity contribution is -0.111. The van der Waals surface area contributed by atoms with Crippen molar-refractivity contribution in [2.45, 2.75) is 46.9 Å². The fourth-order valence-electron chi connectivity index (χ4n) is 4.98. The molecular formula is C30H38ClN7O3. The van der Waals surface area contributed by atoms with Crippen molar-refractivity contribution in [3.8, 4) is 17.1 Å². The average Bonchev–Trinajstić information content (AvgIpc) is 3.37. The number of Topliss-reactive ketones (excluding diaryl/α,β-unsaturated/α-hetero) is 1. The largest absolute Gasteiger partial charge is 0.491 e. The van der Waals surface area contributed by atoms with Crippen molar-refractivity contribution in [1.82, 2.24) is 20.3 Å². The summed E-state index contributed by atoms with van der Waals surface area (Å²) >= 11 is 6.67. The quantitative estimate of drug-likeness (QED) is 0.289. The minimum Gasteiger partial charge on any atom is -0.491 e. The molecule has 1 atom stereocenters. The molecule has 0 unspecified atom stereocenters. The van der Waals surface area contributed by atoms with Gasteiger partial charge in [0.15, 0.2) is 11.6 Å². The number of nitrogens with one attached hydrogen (secondary N) is 1. The standard InChI is InChI=1S/C30H38ClN7O3/c1-7-37(6)30-24-15-38(14-20(24)10-11-34-30)29-17(2)27(26(18(3)32)19(4)39)35-28(36-29)23-12-22(8-9-25(23)31)41-16-21(40)13-33-5/h8-12,21,33,40H,7,13-16,32H2,1-6H3/t21-/m1/s1. The first-order valence-corrected chi connectivity index (χ1v) is 14.0. The van der Waals surface area contributed by atoms with E-state index in [-0.39, 0.29) is 12.4 Å². The molecule has 1 aliphatic rings. The summed E-state index contributed by atoms with van der Waals surface area (Å²) in [4.78, 5) is 31.5. The van der Waals surface area contributed by atoms with Crippen molar-refractivity contribution in [1.29, 1.82) is 0 Å². The Kier molecular flexibility index (Phi) is 9.47. The lowest BCUT2D eigenvalue weighted by atomic mass is 10.0. The molecule has 2 aromatic heterocycles. The van der Waals surface area contributed by atoms with Gasteiger partial charge in [0.05, 0.1) is 16.3 Å². The van der Waals surface area contributed by atoms with E-state index in [1.54, 1.807) is 32.2 Å². The van der Waals surface area contributed by atoms with E-state index in [0.717, 1.165) is 23.5 Å². The highest BCUT2D eigenvalue weighted by molar-refractivity contribution is 6.33. The number of carbonyl (C=O) groups is 1. The van der Waals surface area contributed by atoms with Gasteiger partial charge in [0, 0.05) is 61.8 Å². The maximum absolute atomic E-state index is 12.8. The van der Waals surface area contributed by atoms with Gasteiger partial charge in [-0.05, 0) is 64.6 Å². The van der Waals surface area contributed by atoms with Crippen LogP contribution in [-0.2, 0) is 17.9 Å². The first kappa shape index (κ1) is 30.2. The molecule has 4 rings (SSSR count). The predicted octanol–water partition coefficient (Wildman–Crippen LogP) is 3.71. The smallest absolute Gasteiger partial charge is 0.163 e. The van der Waals surface area contributed by atoms with Crippen LogP contribution in [0.3, 0.4) is 0 Å². The van der Waals surface area contributed by atoms with E-state index in [0.29, 0.717) is 64.6 Å². The minimum atomic E-state index is -0.674. The first-order valence-electron chi connectivity index (χ1n) is 13.6. The lowest BCUT2D eigenvalue weighted by Crippen LogP contribution is -2.29. The van der Waals surface area contributed by atoms with Crippen LogP contribution in [0.2, 0.25) is 5.02 Å². The molecule has 0 bridgehead atoms. The zero-order chi connectivity index (χ0) is 29.8. The SMILES string of the molecule is CCN(C)c1nccc2c1CN(c1nc(-c3cc(OC[C@H](O)CNC)ccc3Cl)nc(C(C(C)=O)=C(C)N)c1C)C2. The topological polar surface area (TPSA) is 130 Å². The number of aliphatic hydroxyl groups is 1. The molecule has 3 aromatic rings. The average molecular weight is 580 g/mol. The molecule has 0 radical (unpaired) electrons. The zero-order valence-corrected chi connectivity index (χ0v) is 25.2. The van der Waals surface area contributed by atoms with Crippen molar-refractivity contribution >= 4 is 34.6 Å². The summed E-state index contributed by atoms with van der Waals surface area (Å²) in [7, 11) is 3.79. The number of allylic oxidation sites excluding steroid dienone is 2. The summed E-state index contributed by atoms with van der Waals surface area (Å²) in [5, 5.41) is 13.4. The highest BCUT2D eigenvalue weighted by atomic mass is 35.5. The van der Waals surface area contributed by atoms with Crippen LogP contribution in [0, 0.1) is 6.92 Å². The van der Waals surface area contributed by atoms with E-state index in [9.17, 15) is 9.90 Å². The van der Waals surface area contributed by atoms with Crippen molar-refractivity contribution in [3.05, 3.63) is 63.6 Å². The van der Waals surface area contributed by atoms with E-state index in [1.165, 1.54) is 12.5 Å². The lowest BCUT2D eigenvalue weighted by Gasteiger charge is -2.23. The Morgan fingerprint density at radius 2 is 2.02 bits per heavy atom. The number of ketones is 1. The Morgan fingerprint density at radius 3 is 2.68 bits per heavy atom. The number of rotatable bonds is 11. The van der Waals surface area contributed by atoms with Crippen molar-refractivity contribution in [2.75, 3.05) is 43.6 Å². The number of benzene rings is 1. The van der Waals surface area contributed by atoms with Crippen LogP contribution in [0.25, 0.3) is 17.0 Å². The Hall–Kier alpha value is -3.73. The van der Waals surface area contributed by atoms with Crippen LogP contribution in [0.5, 0.6) is 5.75 Å². The molecule has 3 heterocycles. The first-order chi connectivity index (χ1) is 19.5. The molecule has 0 amide bonds. The van der Waals surface area contributed by atoms with Gasteiger partial charge in [-0.3, -0.25) is 4.79 Å². The number of carbonyl (C=O) groups excluding carboxylic acids is 1. The molecule has 218 valence electrons. The fourth-order valence-corrected chi connectivity index (χ4v) is 5.18. The van der Waals surface area contributed by atoms with Crippen molar-refractivity contribution in [3.63, 3.8) is 0 Å². The summed E-state index contributed by atoms with van der Waals surface area (Å²) < 4.78 is 5.82. The molecule has 4 N–H and O–H groups in total. The third-order valence-electron chi connectivity index (χ3n) is 7.14. The molecule has 10 nitrogen and oxygen atoms in total. The van der Waals surface area contributed by atoms with Crippen LogP contribution < -0.4 is 25.6 Å². The second-order valence-corrected chi connectivity index (χ2v) is 10.7. The molecule has 0 fully saturated rings. The number of ether oxygens (including phenoxy) is 1. The second-order valence-electron chi connectivity index (χ2n) is 10.3. The van der Waals surface area contributed by atoms with E-state index in [4.69, 9.17) is 32.0 Å². The van der Waals surface area contributed by atoms with Gasteiger partial charge in [0.1, 0.15) is 30.1 Å². The van der Waals surface area contributed by atoms with Gasteiger partial charge in [0.25, 0.3) is 0 Å². The summed E-state index contributed by atoms with van der Waals surface area (Å²) in [5.74, 6) is 2.28. The molecular weight excluding hydrogens is 542 g/mol. The number of aliphatic hydroxyl groups excluding tert-OH is 1. The van der Waals surface area contributed by atoms with Gasteiger partial charge in [-0.25, -0.2) is 15.0 Å². The van der Waals surface area contributed by atoms with Crippen LogP contribution in [0.4, 0.5) is 11.6 Å². The molecule has 0 saturated carbocycles. The Bertz CT molecular complexity index is 1470. The number of nitrogens with zero attached hydrogens (tertiary/aromatic N) is 5. The van der Waals surface area contributed by atoms with Crippen molar-refractivity contribution < 1.29 is 14.6 Å². The highest BCUT2D eigenvalue weighted by Crippen LogP contribution is 2.38. The molecule has 1 aromatic carbocycles. The van der Waals surface area contributed by atoms with Gasteiger partial charge < -0.3 is 30.7 Å². The number of likely N-dealkylation sites (N-methyl/N-ethyl adjacent to an activating group) is 1. The maximum Gasteiger partial charge on any atom is 0.163 e. The van der Waals surface area contributed by atoms with Gasteiger partial charge in [0.2, 0.25) is 0 Å². The number of halogens is 1. The summed E-state index contributed by atoms with van der Waals surface area (Å²) in [6.07, 6.45) is 1.16. The Morgan fingerprint density at radius 1 is 1.27 bits per heavy atom. The van der Waals surface area contributed by atoms with Crippen LogP contribution in [0.1, 0.15) is 43.2 Å². The monoisotopic (exact) mass is 579 g/mol. The van der Waals surface area contributed by atoms with Crippen LogP contribution in [0.15, 0.2) is 36.2 Å². The normalized spacial score (nSPS) is 14.0. The highest BCUT2D eigenvalue weighted by Gasteiger charge is 2.29. The van der Waals surface area contributed by atoms with E-state index >= 15 is 0 Å². The molecule has 41 heavy (non-hydrogen) atoms. The third kappa shape index (κ3) is 6.45. The van der Waals surface area contributed by atoms with Crippen LogP contribution in [-0.4, -0.2) is 65.7 Å². The maximum atomic E-state index is 12.8. The summed E-state index contributed by atoms with van der Waals surface area (Å²) in [5.41, 5.74) is 11.0. The van der Waals surface area contributed by atoms with Gasteiger partial charge in [-0.1, -0.05) is 11.6 Å². The van der Waals surface area contributed by atoms with Crippen molar-refractivity contribution in [2.24, 2.45) is 5.73 Å². The Balaban J connectivity index is 1.84. The van der Waals surface area contributed by atoms with Crippen LogP contribution >= 0.6 is 11.6 Å². The predicted molar refractivity (Wildman–Crippen MR) is 163 cm³/mol. The molecule has 0 spiro atoms. The number of aromatic nitrogens is 3. The minimum absolute atomic E-state index is 0.103. The summed E-state index contributed by atoms with van der Waals surface area (Å²) in [6, 6.07) is 7.22. The zero-order valence-electron chi connectivity index (χ0n) is 24.5. The third-order valence-corrected chi connectivity index (χ3v) is 7.47. The fraction of sp³-hybridized carbons (Fsp3) is 0.400. The second kappa shape index (κ2) is 12.8. The van der Waals surface area contributed by atoms with Gasteiger partial charge in [-0.15, -0.1) is 0 Å².